The van der Waals surface area contributed by atoms with Gasteiger partial charge in [-0.2, -0.15) is 5.10 Å². The predicted molar refractivity (Wildman–Crippen MR) is 116 cm³/mol. The first-order valence-electron chi connectivity index (χ1n) is 10.3. The molecule has 160 valence electrons. The molecule has 0 bridgehead atoms. The first-order valence-corrected chi connectivity index (χ1v) is 11.1. The monoisotopic (exact) mass is 438 g/mol. The highest BCUT2D eigenvalue weighted by Gasteiger charge is 2.33. The van der Waals surface area contributed by atoms with Gasteiger partial charge in [0.05, 0.1) is 30.6 Å². The van der Waals surface area contributed by atoms with E-state index in [-0.39, 0.29) is 17.6 Å². The van der Waals surface area contributed by atoms with E-state index < -0.39 is 6.04 Å². The molecule has 1 saturated heterocycles. The molecule has 2 amide bonds. The Kier molecular flexibility index (Phi) is 5.47. The molecule has 1 fully saturated rings. The SMILES string of the molecule is O=C(Nc1nc2c(s1)CCCC2)NC1COCC1n1nc(-c2ccncc2)ccc1=O. The Bertz CT molecular complexity index is 1120. The number of pyridine rings is 1. The van der Waals surface area contributed by atoms with E-state index in [1.807, 2.05) is 12.1 Å². The minimum atomic E-state index is -0.399. The van der Waals surface area contributed by atoms with E-state index in [0.717, 1.165) is 30.5 Å². The van der Waals surface area contributed by atoms with Crippen LogP contribution in [0.1, 0.15) is 29.5 Å². The zero-order chi connectivity index (χ0) is 21.2. The molecule has 2 N–H and O–H groups in total. The molecule has 2 aliphatic rings. The second-order valence-corrected chi connectivity index (χ2v) is 8.73. The Labute approximate surface area is 182 Å². The summed E-state index contributed by atoms with van der Waals surface area (Å²) in [6, 6.07) is 5.70. The van der Waals surface area contributed by atoms with Crippen molar-refractivity contribution in [3.8, 4) is 11.3 Å². The Morgan fingerprint density at radius 2 is 1.97 bits per heavy atom. The number of anilines is 1. The molecule has 0 radical (unpaired) electrons. The van der Waals surface area contributed by atoms with E-state index >= 15 is 0 Å². The number of nitrogens with one attached hydrogen (secondary N) is 2. The number of carbonyl (C=O) groups excluding carboxylic acids is 1. The number of amides is 2. The Hall–Kier alpha value is -3.11. The number of rotatable bonds is 4. The standard InChI is InChI=1S/C21H22N6O3S/c28-19-6-5-14(13-7-9-22-10-8-13)26-27(19)17-12-30-11-16(17)23-20(29)25-21-24-15-3-1-2-4-18(15)31-21/h5-10,16-17H,1-4,11-12H2,(H2,23,24,25,29). The van der Waals surface area contributed by atoms with E-state index in [1.54, 1.807) is 18.5 Å². The van der Waals surface area contributed by atoms with Crippen molar-refractivity contribution in [2.24, 2.45) is 0 Å². The van der Waals surface area contributed by atoms with Gasteiger partial charge in [0.1, 0.15) is 6.04 Å². The lowest BCUT2D eigenvalue weighted by Crippen LogP contribution is -2.45. The normalized spacial score (nSPS) is 20.3. The van der Waals surface area contributed by atoms with Gasteiger partial charge in [-0.15, -0.1) is 11.3 Å². The molecule has 1 aliphatic carbocycles. The van der Waals surface area contributed by atoms with Crippen LogP contribution in [0.5, 0.6) is 0 Å². The minimum Gasteiger partial charge on any atom is -0.377 e. The third-order valence-corrected chi connectivity index (χ3v) is 6.62. The number of aryl methyl sites for hydroxylation is 2. The fourth-order valence-electron chi connectivity index (χ4n) is 3.97. The first kappa shape index (κ1) is 19.8. The molecule has 1 aliphatic heterocycles. The number of thiazole rings is 1. The van der Waals surface area contributed by atoms with Gasteiger partial charge in [0, 0.05) is 28.9 Å². The summed E-state index contributed by atoms with van der Waals surface area (Å²) in [7, 11) is 0. The molecular weight excluding hydrogens is 416 g/mol. The molecule has 31 heavy (non-hydrogen) atoms. The molecule has 3 aromatic rings. The number of nitrogens with zero attached hydrogens (tertiary/aromatic N) is 4. The van der Waals surface area contributed by atoms with Crippen molar-refractivity contribution in [2.75, 3.05) is 18.5 Å². The van der Waals surface area contributed by atoms with Crippen LogP contribution in [0.15, 0.2) is 41.5 Å². The van der Waals surface area contributed by atoms with Gasteiger partial charge in [-0.3, -0.25) is 15.1 Å². The molecule has 0 spiro atoms. The molecule has 9 nitrogen and oxygen atoms in total. The lowest BCUT2D eigenvalue weighted by atomic mass is 10.0. The largest absolute Gasteiger partial charge is 0.377 e. The van der Waals surface area contributed by atoms with Crippen LogP contribution in [0.2, 0.25) is 0 Å². The van der Waals surface area contributed by atoms with Gasteiger partial charge in [0.15, 0.2) is 5.13 Å². The molecule has 10 heteroatoms. The summed E-state index contributed by atoms with van der Waals surface area (Å²) >= 11 is 1.53. The maximum absolute atomic E-state index is 12.6. The minimum absolute atomic E-state index is 0.242. The molecule has 3 aromatic heterocycles. The van der Waals surface area contributed by atoms with E-state index in [2.05, 4.69) is 25.7 Å². The van der Waals surface area contributed by atoms with Crippen LogP contribution in [-0.2, 0) is 17.6 Å². The summed E-state index contributed by atoms with van der Waals surface area (Å²) in [5, 5.41) is 10.9. The van der Waals surface area contributed by atoms with E-state index in [9.17, 15) is 9.59 Å². The van der Waals surface area contributed by atoms with Crippen molar-refractivity contribution in [3.05, 3.63) is 57.6 Å². The van der Waals surface area contributed by atoms with Crippen molar-refractivity contribution in [2.45, 2.75) is 37.8 Å². The zero-order valence-electron chi connectivity index (χ0n) is 16.8. The van der Waals surface area contributed by atoms with Crippen LogP contribution in [0.3, 0.4) is 0 Å². The fraction of sp³-hybridized carbons (Fsp3) is 0.381. The average Bonchev–Trinajstić information content (AvgIpc) is 3.41. The third-order valence-electron chi connectivity index (χ3n) is 5.55. The van der Waals surface area contributed by atoms with Gasteiger partial charge >= 0.3 is 6.03 Å². The first-order chi connectivity index (χ1) is 15.2. The van der Waals surface area contributed by atoms with Crippen LogP contribution in [0, 0.1) is 0 Å². The van der Waals surface area contributed by atoms with Gasteiger partial charge in [0.25, 0.3) is 5.56 Å². The lowest BCUT2D eigenvalue weighted by molar-refractivity contribution is 0.181. The number of ether oxygens (including phenoxy) is 1. The van der Waals surface area contributed by atoms with Crippen LogP contribution in [0.4, 0.5) is 9.93 Å². The molecule has 5 rings (SSSR count). The van der Waals surface area contributed by atoms with Crippen molar-refractivity contribution in [3.63, 3.8) is 0 Å². The van der Waals surface area contributed by atoms with Gasteiger partial charge in [-0.25, -0.2) is 14.5 Å². The van der Waals surface area contributed by atoms with Crippen molar-refractivity contribution < 1.29 is 9.53 Å². The maximum atomic E-state index is 12.6. The quantitative estimate of drug-likeness (QED) is 0.647. The molecule has 2 unspecified atom stereocenters. The van der Waals surface area contributed by atoms with E-state index in [1.165, 1.54) is 33.4 Å². The van der Waals surface area contributed by atoms with Crippen molar-refractivity contribution in [1.29, 1.82) is 0 Å². The number of fused-ring (bicyclic) bond motifs is 1. The van der Waals surface area contributed by atoms with Gasteiger partial charge < -0.3 is 10.1 Å². The topological polar surface area (TPSA) is 111 Å². The molecule has 2 atom stereocenters. The second-order valence-electron chi connectivity index (χ2n) is 7.64. The third kappa shape index (κ3) is 4.21. The number of carbonyl (C=O) groups is 1. The highest BCUT2D eigenvalue weighted by Crippen LogP contribution is 2.29. The molecular formula is C21H22N6O3S. The summed E-state index contributed by atoms with van der Waals surface area (Å²) in [6.07, 6.45) is 7.66. The summed E-state index contributed by atoms with van der Waals surface area (Å²) in [6.45, 7) is 0.600. The van der Waals surface area contributed by atoms with E-state index in [0.29, 0.717) is 24.0 Å². The average molecular weight is 439 g/mol. The Morgan fingerprint density at radius 1 is 1.13 bits per heavy atom. The van der Waals surface area contributed by atoms with Gasteiger partial charge in [0.2, 0.25) is 0 Å². The van der Waals surface area contributed by atoms with Gasteiger partial charge in [-0.05, 0) is 43.9 Å². The smallest absolute Gasteiger partial charge is 0.321 e. The Balaban J connectivity index is 1.31. The van der Waals surface area contributed by atoms with Crippen molar-refractivity contribution in [1.82, 2.24) is 25.1 Å². The van der Waals surface area contributed by atoms with E-state index in [4.69, 9.17) is 4.74 Å². The van der Waals surface area contributed by atoms with Gasteiger partial charge in [-0.1, -0.05) is 0 Å². The molecule has 0 aromatic carbocycles. The summed E-state index contributed by atoms with van der Waals surface area (Å²) in [4.78, 5) is 34.9. The fourth-order valence-corrected chi connectivity index (χ4v) is 5.01. The second kappa shape index (κ2) is 8.56. The summed E-state index contributed by atoms with van der Waals surface area (Å²) in [5.41, 5.74) is 2.37. The highest BCUT2D eigenvalue weighted by molar-refractivity contribution is 7.15. The van der Waals surface area contributed by atoms with Crippen LogP contribution < -0.4 is 16.2 Å². The summed E-state index contributed by atoms with van der Waals surface area (Å²) < 4.78 is 6.98. The Morgan fingerprint density at radius 3 is 2.81 bits per heavy atom. The lowest BCUT2D eigenvalue weighted by Gasteiger charge is -2.20. The predicted octanol–water partition coefficient (Wildman–Crippen LogP) is 2.40. The number of aromatic nitrogens is 4. The molecule has 4 heterocycles. The summed E-state index contributed by atoms with van der Waals surface area (Å²) in [5.74, 6) is 0. The van der Waals surface area contributed by atoms with Crippen molar-refractivity contribution >= 4 is 22.5 Å². The van der Waals surface area contributed by atoms with Crippen LogP contribution >= 0.6 is 11.3 Å². The number of urea groups is 1. The van der Waals surface area contributed by atoms with Crippen LogP contribution in [-0.4, -0.2) is 45.0 Å². The van der Waals surface area contributed by atoms with Crippen LogP contribution in [0.25, 0.3) is 11.3 Å². The molecule has 0 saturated carbocycles. The zero-order valence-corrected chi connectivity index (χ0v) is 17.6. The number of hydrogen-bond donors (Lipinski definition) is 2. The number of hydrogen-bond acceptors (Lipinski definition) is 7. The highest BCUT2D eigenvalue weighted by atomic mass is 32.1. The maximum Gasteiger partial charge on any atom is 0.321 e.